The number of alkyl halides is 2. The molecule has 1 N–H and O–H groups in total. The third-order valence-electron chi connectivity index (χ3n) is 3.84. The number of aromatic nitrogens is 2. The van der Waals surface area contributed by atoms with Gasteiger partial charge in [-0.1, -0.05) is 30.3 Å². The van der Waals surface area contributed by atoms with Gasteiger partial charge >= 0.3 is 6.55 Å². The second-order valence-electron chi connectivity index (χ2n) is 5.53. The van der Waals surface area contributed by atoms with E-state index in [1.54, 1.807) is 36.4 Å². The molecule has 0 fully saturated rings. The zero-order valence-electron chi connectivity index (χ0n) is 13.3. The molecule has 3 aromatic rings. The van der Waals surface area contributed by atoms with Crippen molar-refractivity contribution in [3.63, 3.8) is 0 Å². The summed E-state index contributed by atoms with van der Waals surface area (Å²) < 4.78 is 41.0. The van der Waals surface area contributed by atoms with Gasteiger partial charge in [0.05, 0.1) is 17.5 Å². The fourth-order valence-electron chi connectivity index (χ4n) is 2.68. The number of amides is 1. The third-order valence-corrected chi connectivity index (χ3v) is 3.84. The molecule has 1 amide bonds. The van der Waals surface area contributed by atoms with Crippen LogP contribution < -0.4 is 5.32 Å². The summed E-state index contributed by atoms with van der Waals surface area (Å²) in [7, 11) is 0. The Morgan fingerprint density at radius 3 is 2.60 bits per heavy atom. The van der Waals surface area contributed by atoms with Gasteiger partial charge in [-0.25, -0.2) is 9.37 Å². The maximum atomic E-state index is 13.5. The largest absolute Gasteiger partial charge is 0.355 e. The highest BCUT2D eigenvalue weighted by Crippen LogP contribution is 2.23. The van der Waals surface area contributed by atoms with Crippen molar-refractivity contribution in [2.75, 3.05) is 6.54 Å². The zero-order valence-corrected chi connectivity index (χ0v) is 13.3. The highest BCUT2D eigenvalue weighted by atomic mass is 19.3. The summed E-state index contributed by atoms with van der Waals surface area (Å²) in [5.41, 5.74) is 1.13. The molecule has 2 aromatic carbocycles. The zero-order chi connectivity index (χ0) is 17.8. The Bertz CT molecular complexity index is 892. The van der Waals surface area contributed by atoms with Gasteiger partial charge in [0.1, 0.15) is 11.6 Å². The Kier molecular flexibility index (Phi) is 5.02. The van der Waals surface area contributed by atoms with Crippen LogP contribution in [-0.2, 0) is 17.6 Å². The van der Waals surface area contributed by atoms with Crippen molar-refractivity contribution in [3.8, 4) is 0 Å². The summed E-state index contributed by atoms with van der Waals surface area (Å²) in [6.45, 7) is -2.57. The van der Waals surface area contributed by atoms with E-state index in [1.165, 1.54) is 12.1 Å². The maximum absolute atomic E-state index is 13.5. The van der Waals surface area contributed by atoms with Gasteiger partial charge in [-0.05, 0) is 23.8 Å². The third kappa shape index (κ3) is 3.81. The molecular formula is C18H16F3N3O. The summed E-state index contributed by atoms with van der Waals surface area (Å²) in [5.74, 6) is -0.621. The number of fused-ring (bicyclic) bond motifs is 1. The van der Waals surface area contributed by atoms with Gasteiger partial charge < -0.3 is 5.32 Å². The number of hydrogen-bond acceptors (Lipinski definition) is 2. The van der Waals surface area contributed by atoms with Gasteiger partial charge in [-0.2, -0.15) is 8.78 Å². The Balaban J connectivity index is 1.64. The Morgan fingerprint density at radius 2 is 1.84 bits per heavy atom. The van der Waals surface area contributed by atoms with E-state index in [0.717, 1.165) is 4.57 Å². The van der Waals surface area contributed by atoms with Crippen molar-refractivity contribution in [1.82, 2.24) is 14.9 Å². The van der Waals surface area contributed by atoms with Crippen LogP contribution >= 0.6 is 0 Å². The predicted octanol–water partition coefficient (Wildman–Crippen LogP) is 3.47. The van der Waals surface area contributed by atoms with E-state index in [4.69, 9.17) is 0 Å². The molecule has 0 unspecified atom stereocenters. The van der Waals surface area contributed by atoms with E-state index in [1.807, 2.05) is 0 Å². The first-order chi connectivity index (χ1) is 12.1. The van der Waals surface area contributed by atoms with E-state index in [0.29, 0.717) is 16.6 Å². The van der Waals surface area contributed by atoms with Gasteiger partial charge in [0.25, 0.3) is 0 Å². The molecule has 0 saturated carbocycles. The Labute approximate surface area is 142 Å². The van der Waals surface area contributed by atoms with Crippen LogP contribution in [0.15, 0.2) is 48.5 Å². The lowest BCUT2D eigenvalue weighted by Gasteiger charge is -2.09. The predicted molar refractivity (Wildman–Crippen MR) is 87.8 cm³/mol. The summed E-state index contributed by atoms with van der Waals surface area (Å²) in [4.78, 5) is 16.1. The second kappa shape index (κ2) is 7.38. The van der Waals surface area contributed by atoms with Gasteiger partial charge in [0.2, 0.25) is 5.91 Å². The van der Waals surface area contributed by atoms with Gasteiger partial charge in [0.15, 0.2) is 0 Å². The molecule has 0 atom stereocenters. The molecule has 0 saturated heterocycles. The average Bonchev–Trinajstić information content (AvgIpc) is 2.95. The lowest BCUT2D eigenvalue weighted by atomic mass is 10.1. The standard InChI is InChI=1S/C18H16F3N3O/c19-13-6-2-1-5-12(13)11-17(25)22-10-9-16-23-14-7-3-4-8-15(14)24(16)18(20)21/h1-8,18H,9-11H2,(H,22,25). The molecule has 0 spiro atoms. The summed E-state index contributed by atoms with van der Waals surface area (Å²) in [6, 6.07) is 12.7. The van der Waals surface area contributed by atoms with Crippen LogP contribution in [0.5, 0.6) is 0 Å². The van der Waals surface area contributed by atoms with E-state index in [2.05, 4.69) is 10.3 Å². The molecule has 25 heavy (non-hydrogen) atoms. The van der Waals surface area contributed by atoms with Gasteiger partial charge in [0, 0.05) is 13.0 Å². The first-order valence-electron chi connectivity index (χ1n) is 7.80. The van der Waals surface area contributed by atoms with Crippen LogP contribution in [0.25, 0.3) is 11.0 Å². The van der Waals surface area contributed by atoms with Gasteiger partial charge in [-0.3, -0.25) is 9.36 Å². The number of rotatable bonds is 6. The minimum atomic E-state index is -2.71. The molecular weight excluding hydrogens is 331 g/mol. The van der Waals surface area contributed by atoms with Crippen molar-refractivity contribution in [3.05, 3.63) is 65.7 Å². The monoisotopic (exact) mass is 347 g/mol. The van der Waals surface area contributed by atoms with Crippen LogP contribution in [0.2, 0.25) is 0 Å². The van der Waals surface area contributed by atoms with E-state index >= 15 is 0 Å². The quantitative estimate of drug-likeness (QED) is 0.742. The molecule has 3 rings (SSSR count). The molecule has 0 bridgehead atoms. The first-order valence-corrected chi connectivity index (χ1v) is 7.80. The lowest BCUT2D eigenvalue weighted by molar-refractivity contribution is -0.120. The molecule has 1 aromatic heterocycles. The molecule has 4 nitrogen and oxygen atoms in total. The number of halogens is 3. The number of carbonyl (C=O) groups excluding carboxylic acids is 1. The average molecular weight is 347 g/mol. The van der Waals surface area contributed by atoms with Crippen molar-refractivity contribution >= 4 is 16.9 Å². The highest BCUT2D eigenvalue weighted by molar-refractivity contribution is 5.78. The molecule has 0 aliphatic rings. The topological polar surface area (TPSA) is 46.9 Å². The van der Waals surface area contributed by atoms with E-state index in [9.17, 15) is 18.0 Å². The number of carbonyl (C=O) groups is 1. The number of nitrogens with zero attached hydrogens (tertiary/aromatic N) is 2. The fraction of sp³-hybridized carbons (Fsp3) is 0.222. The normalized spacial score (nSPS) is 11.2. The fourth-order valence-corrected chi connectivity index (χ4v) is 2.68. The Morgan fingerprint density at radius 1 is 1.12 bits per heavy atom. The van der Waals surface area contributed by atoms with Crippen LogP contribution in [0, 0.1) is 5.82 Å². The van der Waals surface area contributed by atoms with Crippen molar-refractivity contribution in [2.24, 2.45) is 0 Å². The molecule has 130 valence electrons. The van der Waals surface area contributed by atoms with Crippen LogP contribution in [0.1, 0.15) is 17.9 Å². The van der Waals surface area contributed by atoms with Crippen LogP contribution in [0.3, 0.4) is 0 Å². The lowest BCUT2D eigenvalue weighted by Crippen LogP contribution is -2.28. The van der Waals surface area contributed by atoms with Crippen LogP contribution in [0.4, 0.5) is 13.2 Å². The van der Waals surface area contributed by atoms with Crippen molar-refractivity contribution in [2.45, 2.75) is 19.4 Å². The molecule has 0 aliphatic heterocycles. The Hall–Kier alpha value is -2.83. The number of benzene rings is 2. The van der Waals surface area contributed by atoms with E-state index in [-0.39, 0.29) is 31.1 Å². The minimum absolute atomic E-state index is 0.0993. The number of imidazole rings is 1. The minimum Gasteiger partial charge on any atom is -0.355 e. The van der Waals surface area contributed by atoms with Crippen molar-refractivity contribution < 1.29 is 18.0 Å². The van der Waals surface area contributed by atoms with E-state index < -0.39 is 12.4 Å². The van der Waals surface area contributed by atoms with Gasteiger partial charge in [-0.15, -0.1) is 0 Å². The van der Waals surface area contributed by atoms with Crippen molar-refractivity contribution in [1.29, 1.82) is 0 Å². The highest BCUT2D eigenvalue weighted by Gasteiger charge is 2.17. The number of nitrogens with one attached hydrogen (secondary N) is 1. The summed E-state index contributed by atoms with van der Waals surface area (Å²) in [5, 5.41) is 2.61. The molecule has 1 heterocycles. The summed E-state index contributed by atoms with van der Waals surface area (Å²) in [6.07, 6.45) is 0.0555. The summed E-state index contributed by atoms with van der Waals surface area (Å²) >= 11 is 0. The maximum Gasteiger partial charge on any atom is 0.320 e. The SMILES string of the molecule is O=C(Cc1ccccc1F)NCCc1nc2ccccc2n1C(F)F. The van der Waals surface area contributed by atoms with Crippen LogP contribution in [-0.4, -0.2) is 22.0 Å². The molecule has 0 aliphatic carbocycles. The second-order valence-corrected chi connectivity index (χ2v) is 5.53. The smallest absolute Gasteiger partial charge is 0.320 e. The molecule has 0 radical (unpaired) electrons. The first kappa shape index (κ1) is 17.0. The molecule has 7 heteroatoms. The number of hydrogen-bond donors (Lipinski definition) is 1. The number of para-hydroxylation sites is 2.